The molecule has 33 heavy (non-hydrogen) atoms. The fourth-order valence-electron chi connectivity index (χ4n) is 4.67. The van der Waals surface area contributed by atoms with Crippen LogP contribution in [-0.2, 0) is 9.59 Å². The van der Waals surface area contributed by atoms with Crippen LogP contribution in [0.25, 0.3) is 16.7 Å². The number of carbonyl (C=O) groups is 2. The van der Waals surface area contributed by atoms with Gasteiger partial charge in [0, 0.05) is 33.9 Å². The Balaban J connectivity index is 1.83. The molecular formula is C28H24N2O3. The van der Waals surface area contributed by atoms with Crippen LogP contribution in [0.3, 0.4) is 0 Å². The van der Waals surface area contributed by atoms with Gasteiger partial charge in [0.1, 0.15) is 5.76 Å². The summed E-state index contributed by atoms with van der Waals surface area (Å²) in [6.45, 7) is 5.72. The molecule has 0 bridgehead atoms. The molecule has 0 saturated carbocycles. The third-order valence-electron chi connectivity index (χ3n) is 6.38. The van der Waals surface area contributed by atoms with Gasteiger partial charge in [0.25, 0.3) is 11.7 Å². The minimum Gasteiger partial charge on any atom is -0.507 e. The van der Waals surface area contributed by atoms with E-state index in [0.717, 1.165) is 33.2 Å². The molecule has 0 aliphatic carbocycles. The fourth-order valence-corrected chi connectivity index (χ4v) is 4.67. The Morgan fingerprint density at radius 2 is 1.64 bits per heavy atom. The summed E-state index contributed by atoms with van der Waals surface area (Å²) < 4.78 is 0. The number of hydrogen-bond acceptors (Lipinski definition) is 3. The number of rotatable bonds is 3. The van der Waals surface area contributed by atoms with Gasteiger partial charge in [0.2, 0.25) is 0 Å². The van der Waals surface area contributed by atoms with Gasteiger partial charge in [-0.05, 0) is 50.1 Å². The first kappa shape index (κ1) is 20.8. The molecule has 2 heterocycles. The molecule has 1 aliphatic rings. The van der Waals surface area contributed by atoms with Crippen LogP contribution < -0.4 is 4.90 Å². The first-order valence-electron chi connectivity index (χ1n) is 10.9. The predicted octanol–water partition coefficient (Wildman–Crippen LogP) is 5.72. The Kier molecular flexibility index (Phi) is 4.90. The lowest BCUT2D eigenvalue weighted by molar-refractivity contribution is -0.132. The lowest BCUT2D eigenvalue weighted by Crippen LogP contribution is -2.30. The van der Waals surface area contributed by atoms with Gasteiger partial charge in [-0.3, -0.25) is 14.5 Å². The molecule has 1 atom stereocenters. The average Bonchev–Trinajstić information content (AvgIpc) is 3.34. The summed E-state index contributed by atoms with van der Waals surface area (Å²) >= 11 is 0. The number of aryl methyl sites for hydroxylation is 3. The van der Waals surface area contributed by atoms with Crippen molar-refractivity contribution in [3.05, 3.63) is 106 Å². The highest BCUT2D eigenvalue weighted by Crippen LogP contribution is 2.45. The molecule has 1 fully saturated rings. The van der Waals surface area contributed by atoms with Gasteiger partial charge < -0.3 is 10.1 Å². The van der Waals surface area contributed by atoms with Crippen LogP contribution in [0, 0.1) is 20.8 Å². The van der Waals surface area contributed by atoms with E-state index in [0.29, 0.717) is 11.3 Å². The molecule has 1 unspecified atom stereocenters. The molecule has 2 N–H and O–H groups in total. The summed E-state index contributed by atoms with van der Waals surface area (Å²) in [4.78, 5) is 31.6. The number of aromatic nitrogens is 1. The van der Waals surface area contributed by atoms with E-state index in [-0.39, 0.29) is 11.3 Å². The molecule has 3 aromatic carbocycles. The van der Waals surface area contributed by atoms with Gasteiger partial charge in [-0.1, -0.05) is 54.1 Å². The highest BCUT2D eigenvalue weighted by atomic mass is 16.3. The number of carbonyl (C=O) groups excluding carboxylic acids is 2. The number of ketones is 1. The molecule has 0 spiro atoms. The minimum atomic E-state index is -0.762. The van der Waals surface area contributed by atoms with Gasteiger partial charge in [-0.25, -0.2) is 0 Å². The van der Waals surface area contributed by atoms with Crippen molar-refractivity contribution < 1.29 is 14.7 Å². The third-order valence-corrected chi connectivity index (χ3v) is 6.38. The van der Waals surface area contributed by atoms with E-state index in [1.54, 1.807) is 0 Å². The number of para-hydroxylation sites is 2. The van der Waals surface area contributed by atoms with Crippen molar-refractivity contribution in [1.82, 2.24) is 4.98 Å². The van der Waals surface area contributed by atoms with Crippen LogP contribution >= 0.6 is 0 Å². The second-order valence-electron chi connectivity index (χ2n) is 8.56. The second kappa shape index (κ2) is 7.78. The van der Waals surface area contributed by atoms with Gasteiger partial charge in [0.15, 0.2) is 0 Å². The number of H-pyrrole nitrogens is 1. The van der Waals surface area contributed by atoms with Crippen molar-refractivity contribution >= 4 is 34.0 Å². The van der Waals surface area contributed by atoms with E-state index in [1.807, 2.05) is 93.7 Å². The van der Waals surface area contributed by atoms with Crippen LogP contribution in [0.5, 0.6) is 0 Å². The van der Waals surface area contributed by atoms with E-state index in [2.05, 4.69) is 4.98 Å². The fraction of sp³-hybridized carbons (Fsp3) is 0.143. The second-order valence-corrected chi connectivity index (χ2v) is 8.56. The van der Waals surface area contributed by atoms with Gasteiger partial charge in [-0.15, -0.1) is 0 Å². The molecule has 5 heteroatoms. The zero-order valence-corrected chi connectivity index (χ0v) is 18.7. The Morgan fingerprint density at radius 1 is 0.909 bits per heavy atom. The number of amides is 1. The number of aliphatic hydroxyl groups excluding tert-OH is 1. The van der Waals surface area contributed by atoms with Crippen molar-refractivity contribution in [2.75, 3.05) is 4.90 Å². The van der Waals surface area contributed by atoms with Crippen LogP contribution in [-0.4, -0.2) is 21.8 Å². The maximum atomic E-state index is 13.4. The zero-order valence-electron chi connectivity index (χ0n) is 18.7. The van der Waals surface area contributed by atoms with E-state index in [4.69, 9.17) is 0 Å². The quantitative estimate of drug-likeness (QED) is 0.245. The van der Waals surface area contributed by atoms with Crippen molar-refractivity contribution in [3.8, 4) is 0 Å². The lowest BCUT2D eigenvalue weighted by atomic mass is 9.93. The highest BCUT2D eigenvalue weighted by Gasteiger charge is 2.48. The molecule has 4 aromatic rings. The molecule has 5 rings (SSSR count). The molecular weight excluding hydrogens is 412 g/mol. The van der Waals surface area contributed by atoms with Gasteiger partial charge in [0.05, 0.1) is 11.6 Å². The maximum absolute atomic E-state index is 13.4. The summed E-state index contributed by atoms with van der Waals surface area (Å²) in [5.74, 6) is -1.49. The van der Waals surface area contributed by atoms with Crippen LogP contribution in [0.2, 0.25) is 0 Å². The Labute approximate surface area is 192 Å². The summed E-state index contributed by atoms with van der Waals surface area (Å²) in [6, 6.07) is 20.2. The first-order chi connectivity index (χ1) is 15.9. The average molecular weight is 437 g/mol. The number of Topliss-reactive ketones (excluding diaryl/α,β-unsaturated/α-hetero) is 1. The molecule has 1 aliphatic heterocycles. The van der Waals surface area contributed by atoms with E-state index in [9.17, 15) is 14.7 Å². The Hall–Kier alpha value is -4.12. The molecule has 1 amide bonds. The van der Waals surface area contributed by atoms with Gasteiger partial charge in [-0.2, -0.15) is 0 Å². The number of benzene rings is 3. The van der Waals surface area contributed by atoms with E-state index >= 15 is 0 Å². The molecule has 0 radical (unpaired) electrons. The summed E-state index contributed by atoms with van der Waals surface area (Å²) in [6.07, 6.45) is 1.82. The SMILES string of the molecule is Cc1ccc(C)c(/C(O)=C2\C(=O)C(=O)N(c3ccccc3C)C2c2c[nH]c3ccccc23)c1. The van der Waals surface area contributed by atoms with E-state index in [1.165, 1.54) is 4.90 Å². The zero-order chi connectivity index (χ0) is 23.3. The number of aliphatic hydroxyl groups is 1. The molecule has 1 aromatic heterocycles. The molecule has 5 nitrogen and oxygen atoms in total. The summed E-state index contributed by atoms with van der Waals surface area (Å²) in [7, 11) is 0. The van der Waals surface area contributed by atoms with Crippen LogP contribution in [0.4, 0.5) is 5.69 Å². The lowest BCUT2D eigenvalue weighted by Gasteiger charge is -2.26. The standard InChI is InChI=1S/C28H24N2O3/c1-16-12-13-17(2)20(14-16)26(31)24-25(21-15-29-22-10-6-5-9-19(21)22)30(28(33)27(24)32)23-11-7-4-8-18(23)3/h4-15,25,29,31H,1-3H3/b26-24+. The summed E-state index contributed by atoms with van der Waals surface area (Å²) in [5.41, 5.74) is 5.63. The smallest absolute Gasteiger partial charge is 0.300 e. The number of nitrogens with zero attached hydrogens (tertiary/aromatic N) is 1. The minimum absolute atomic E-state index is 0.0988. The van der Waals surface area contributed by atoms with E-state index < -0.39 is 17.7 Å². The number of hydrogen-bond donors (Lipinski definition) is 2. The van der Waals surface area contributed by atoms with Crippen molar-refractivity contribution in [3.63, 3.8) is 0 Å². The largest absolute Gasteiger partial charge is 0.507 e. The maximum Gasteiger partial charge on any atom is 0.300 e. The number of nitrogens with one attached hydrogen (secondary N) is 1. The Morgan fingerprint density at radius 3 is 2.42 bits per heavy atom. The van der Waals surface area contributed by atoms with Crippen molar-refractivity contribution in [1.29, 1.82) is 0 Å². The number of anilines is 1. The Bertz CT molecular complexity index is 1460. The van der Waals surface area contributed by atoms with Crippen LogP contribution in [0.1, 0.15) is 33.9 Å². The molecule has 164 valence electrons. The topological polar surface area (TPSA) is 73.4 Å². The van der Waals surface area contributed by atoms with Gasteiger partial charge >= 0.3 is 0 Å². The highest BCUT2D eigenvalue weighted by molar-refractivity contribution is 6.52. The van der Waals surface area contributed by atoms with Crippen molar-refractivity contribution in [2.45, 2.75) is 26.8 Å². The first-order valence-corrected chi connectivity index (χ1v) is 10.9. The summed E-state index contributed by atoms with van der Waals surface area (Å²) in [5, 5.41) is 12.4. The monoisotopic (exact) mass is 436 g/mol. The third kappa shape index (κ3) is 3.24. The number of fused-ring (bicyclic) bond motifs is 1. The van der Waals surface area contributed by atoms with Crippen molar-refractivity contribution in [2.24, 2.45) is 0 Å². The normalized spacial score (nSPS) is 17.8. The number of aromatic amines is 1. The molecule has 1 saturated heterocycles. The predicted molar refractivity (Wildman–Crippen MR) is 130 cm³/mol. The van der Waals surface area contributed by atoms with Crippen LogP contribution in [0.15, 0.2) is 78.5 Å².